The number of sulfonamides is 1. The number of ether oxygens (including phenoxy) is 3. The summed E-state index contributed by atoms with van der Waals surface area (Å²) >= 11 is 0. The first-order chi connectivity index (χ1) is 14.4. The Bertz CT molecular complexity index is 818. The number of amides is 1. The van der Waals surface area contributed by atoms with Crippen LogP contribution in [0.4, 0.5) is 18.0 Å². The fourth-order valence-electron chi connectivity index (χ4n) is 2.71. The van der Waals surface area contributed by atoms with Gasteiger partial charge < -0.3 is 19.1 Å². The number of nitrogens with one attached hydrogen (secondary N) is 1. The molecule has 0 aliphatic carbocycles. The highest BCUT2D eigenvalue weighted by atomic mass is 32.2. The second-order valence-corrected chi connectivity index (χ2v) is 9.60. The van der Waals surface area contributed by atoms with Crippen molar-refractivity contribution in [1.29, 1.82) is 0 Å². The molecule has 0 aromatic heterocycles. The third kappa shape index (κ3) is 9.85. The maximum atomic E-state index is 12.3. The second-order valence-electron chi connectivity index (χ2n) is 7.75. The lowest BCUT2D eigenvalue weighted by Gasteiger charge is -2.32. The van der Waals surface area contributed by atoms with Gasteiger partial charge in [-0.3, -0.25) is 0 Å². The zero-order valence-corrected chi connectivity index (χ0v) is 18.2. The Balaban J connectivity index is 1.81. The molecular formula is C19H27F3N2O6S. The molecule has 1 heterocycles. The number of alkyl halides is 3. The zero-order chi connectivity index (χ0) is 23.1. The molecule has 0 bridgehead atoms. The van der Waals surface area contributed by atoms with Gasteiger partial charge in [0.25, 0.3) is 0 Å². The summed E-state index contributed by atoms with van der Waals surface area (Å²) in [6.45, 7) is 1.38. The summed E-state index contributed by atoms with van der Waals surface area (Å²) in [6.07, 6.45) is -5.89. The molecule has 12 heteroatoms. The summed E-state index contributed by atoms with van der Waals surface area (Å²) in [5, 5.41) is 0. The van der Waals surface area contributed by atoms with Gasteiger partial charge in [0, 0.05) is 13.1 Å². The van der Waals surface area contributed by atoms with Gasteiger partial charge >= 0.3 is 12.3 Å². The van der Waals surface area contributed by atoms with Crippen molar-refractivity contribution in [3.05, 3.63) is 35.9 Å². The van der Waals surface area contributed by atoms with Gasteiger partial charge in [0.1, 0.15) is 13.2 Å². The number of rotatable bonds is 9. The topological polar surface area (TPSA) is 94.2 Å². The number of nitrogens with zero attached hydrogens (tertiary/aromatic N) is 1. The monoisotopic (exact) mass is 468 g/mol. The largest absolute Gasteiger partial charge is 0.445 e. The van der Waals surface area contributed by atoms with Crippen LogP contribution in [-0.4, -0.2) is 75.9 Å². The highest BCUT2D eigenvalue weighted by Crippen LogP contribution is 2.19. The molecule has 8 nitrogen and oxygen atoms in total. The molecular weight excluding hydrogens is 441 g/mol. The van der Waals surface area contributed by atoms with E-state index in [1.54, 1.807) is 0 Å². The van der Waals surface area contributed by atoms with Gasteiger partial charge in [-0.25, -0.2) is 17.9 Å². The first-order valence-corrected chi connectivity index (χ1v) is 11.3. The van der Waals surface area contributed by atoms with Gasteiger partial charge in [-0.15, -0.1) is 0 Å². The minimum atomic E-state index is -4.51. The average molecular weight is 468 g/mol. The lowest BCUT2D eigenvalue weighted by molar-refractivity contribution is -0.198. The predicted molar refractivity (Wildman–Crippen MR) is 106 cm³/mol. The maximum Gasteiger partial charge on any atom is 0.411 e. The molecule has 1 aliphatic rings. The van der Waals surface area contributed by atoms with E-state index < -0.39 is 46.4 Å². The van der Waals surface area contributed by atoms with Crippen LogP contribution in [0.1, 0.15) is 19.4 Å². The minimum Gasteiger partial charge on any atom is -0.445 e. The Morgan fingerprint density at radius 3 is 2.58 bits per heavy atom. The lowest BCUT2D eigenvalue weighted by Crippen LogP contribution is -2.50. The van der Waals surface area contributed by atoms with E-state index in [1.807, 2.05) is 30.3 Å². The van der Waals surface area contributed by atoms with Crippen LogP contribution in [-0.2, 0) is 30.8 Å². The molecule has 2 rings (SSSR count). The van der Waals surface area contributed by atoms with Crippen LogP contribution in [0.5, 0.6) is 0 Å². The molecule has 1 aromatic rings. The van der Waals surface area contributed by atoms with E-state index >= 15 is 0 Å². The van der Waals surface area contributed by atoms with Crippen molar-refractivity contribution in [2.24, 2.45) is 0 Å². The van der Waals surface area contributed by atoms with Crippen LogP contribution >= 0.6 is 0 Å². The molecule has 0 saturated carbocycles. The van der Waals surface area contributed by atoms with Gasteiger partial charge in [-0.2, -0.15) is 13.2 Å². The SMILES string of the molecule is CC(C)(CNS(=O)(=O)CC1CN(C(=O)OCc2ccccc2)CCO1)OCC(F)(F)F. The van der Waals surface area contributed by atoms with Crippen molar-refractivity contribution in [2.75, 3.05) is 38.6 Å². The Morgan fingerprint density at radius 1 is 1.26 bits per heavy atom. The van der Waals surface area contributed by atoms with Crippen molar-refractivity contribution in [2.45, 2.75) is 38.3 Å². The van der Waals surface area contributed by atoms with Gasteiger partial charge in [0.2, 0.25) is 10.0 Å². The van der Waals surface area contributed by atoms with Crippen molar-refractivity contribution in [3.8, 4) is 0 Å². The highest BCUT2D eigenvalue weighted by molar-refractivity contribution is 7.89. The predicted octanol–water partition coefficient (Wildman–Crippen LogP) is 2.30. The first kappa shape index (κ1) is 25.4. The van der Waals surface area contributed by atoms with E-state index in [9.17, 15) is 26.4 Å². The summed E-state index contributed by atoms with van der Waals surface area (Å²) in [4.78, 5) is 13.6. The smallest absolute Gasteiger partial charge is 0.411 e. The van der Waals surface area contributed by atoms with E-state index in [1.165, 1.54) is 18.7 Å². The van der Waals surface area contributed by atoms with Crippen molar-refractivity contribution >= 4 is 16.1 Å². The standard InChI is InChI=1S/C19H27F3N2O6S/c1-18(2,30-14-19(20,21)22)13-23-31(26,27)12-16-10-24(8-9-28-16)17(25)29-11-15-6-4-3-5-7-15/h3-7,16,23H,8-14H2,1-2H3. The van der Waals surface area contributed by atoms with E-state index in [4.69, 9.17) is 14.2 Å². The molecule has 0 radical (unpaired) electrons. The number of hydrogen-bond acceptors (Lipinski definition) is 6. The number of carbonyl (C=O) groups is 1. The number of hydrogen-bond donors (Lipinski definition) is 1. The Hall–Kier alpha value is -1.89. The number of morpholine rings is 1. The van der Waals surface area contributed by atoms with Crippen LogP contribution in [0.3, 0.4) is 0 Å². The molecule has 1 aliphatic heterocycles. The van der Waals surface area contributed by atoms with Crippen molar-refractivity contribution < 1.29 is 40.6 Å². The molecule has 0 spiro atoms. The van der Waals surface area contributed by atoms with Crippen LogP contribution in [0.15, 0.2) is 30.3 Å². The normalized spacial score (nSPS) is 18.1. The van der Waals surface area contributed by atoms with E-state index in [0.717, 1.165) is 5.56 Å². The molecule has 1 atom stereocenters. The van der Waals surface area contributed by atoms with Crippen molar-refractivity contribution in [3.63, 3.8) is 0 Å². The van der Waals surface area contributed by atoms with Gasteiger partial charge in [0.15, 0.2) is 0 Å². The average Bonchev–Trinajstić information content (AvgIpc) is 2.70. The fraction of sp³-hybridized carbons (Fsp3) is 0.632. The number of carbonyl (C=O) groups excluding carboxylic acids is 1. The summed E-state index contributed by atoms with van der Waals surface area (Å²) in [7, 11) is -3.89. The molecule has 176 valence electrons. The summed E-state index contributed by atoms with van der Waals surface area (Å²) in [5.41, 5.74) is -0.536. The quantitative estimate of drug-likeness (QED) is 0.598. The fourth-order valence-corrected chi connectivity index (χ4v) is 4.09. The Labute approximate surface area is 179 Å². The Morgan fingerprint density at radius 2 is 1.94 bits per heavy atom. The van der Waals surface area contributed by atoms with Gasteiger partial charge in [-0.1, -0.05) is 30.3 Å². The molecule has 1 amide bonds. The third-order valence-corrected chi connectivity index (χ3v) is 5.75. The highest BCUT2D eigenvalue weighted by Gasteiger charge is 2.33. The van der Waals surface area contributed by atoms with Crippen LogP contribution in [0, 0.1) is 0 Å². The molecule has 1 unspecified atom stereocenters. The molecule has 1 fully saturated rings. The lowest BCUT2D eigenvalue weighted by atomic mass is 10.1. The molecule has 1 aromatic carbocycles. The van der Waals surface area contributed by atoms with Crippen LogP contribution in [0.25, 0.3) is 0 Å². The van der Waals surface area contributed by atoms with Crippen molar-refractivity contribution in [1.82, 2.24) is 9.62 Å². The van der Waals surface area contributed by atoms with E-state index in [0.29, 0.717) is 0 Å². The minimum absolute atomic E-state index is 0.0164. The number of halogens is 3. The summed E-state index contributed by atoms with van der Waals surface area (Å²) < 4.78 is 79.2. The molecule has 31 heavy (non-hydrogen) atoms. The first-order valence-electron chi connectivity index (χ1n) is 9.60. The summed E-state index contributed by atoms with van der Waals surface area (Å²) in [5.74, 6) is -0.454. The zero-order valence-electron chi connectivity index (χ0n) is 17.4. The third-order valence-electron chi connectivity index (χ3n) is 4.35. The number of benzene rings is 1. The molecule has 1 saturated heterocycles. The summed E-state index contributed by atoms with van der Waals surface area (Å²) in [6, 6.07) is 9.11. The Kier molecular flexibility index (Phi) is 8.69. The van der Waals surface area contributed by atoms with Gasteiger partial charge in [0.05, 0.1) is 30.6 Å². The molecule has 1 N–H and O–H groups in total. The van der Waals surface area contributed by atoms with Crippen LogP contribution in [0.2, 0.25) is 0 Å². The second kappa shape index (κ2) is 10.6. The van der Waals surface area contributed by atoms with Crippen LogP contribution < -0.4 is 4.72 Å². The van der Waals surface area contributed by atoms with E-state index in [-0.39, 0.29) is 32.8 Å². The maximum absolute atomic E-state index is 12.3. The van der Waals surface area contributed by atoms with E-state index in [2.05, 4.69) is 4.72 Å². The van der Waals surface area contributed by atoms with Gasteiger partial charge in [-0.05, 0) is 19.4 Å².